The molecule has 0 bridgehead atoms. The van der Waals surface area contributed by atoms with Gasteiger partial charge in [-0.15, -0.1) is 0 Å². The fourth-order valence-corrected chi connectivity index (χ4v) is 2.01. The van der Waals surface area contributed by atoms with Crippen molar-refractivity contribution in [2.75, 3.05) is 6.54 Å². The third kappa shape index (κ3) is 4.00. The van der Waals surface area contributed by atoms with Crippen LogP contribution < -0.4 is 16.8 Å². The number of rotatable bonds is 4. The average Bonchev–Trinajstić information content (AvgIpc) is 2.25. The summed E-state index contributed by atoms with van der Waals surface area (Å²) in [6.45, 7) is 3.73. The van der Waals surface area contributed by atoms with E-state index in [1.165, 1.54) is 0 Å². The second-order valence-electron chi connectivity index (χ2n) is 5.59. The smallest absolute Gasteiger partial charge is 0.224 e. The molecule has 0 radical (unpaired) electrons. The first-order chi connectivity index (χ1) is 7.83. The SMILES string of the molecule is CC(C)(CNC(=O)C1CCCC(N)C1)C(N)=O. The van der Waals surface area contributed by atoms with Crippen LogP contribution in [-0.2, 0) is 9.59 Å². The van der Waals surface area contributed by atoms with E-state index in [1.807, 2.05) is 0 Å². The molecule has 2 unspecified atom stereocenters. The number of nitrogens with one attached hydrogen (secondary N) is 1. The second-order valence-corrected chi connectivity index (χ2v) is 5.59. The number of carbonyl (C=O) groups is 2. The molecule has 1 aliphatic rings. The van der Waals surface area contributed by atoms with E-state index in [1.54, 1.807) is 13.8 Å². The first-order valence-electron chi connectivity index (χ1n) is 6.16. The van der Waals surface area contributed by atoms with Crippen LogP contribution in [-0.4, -0.2) is 24.4 Å². The minimum Gasteiger partial charge on any atom is -0.369 e. The summed E-state index contributed by atoms with van der Waals surface area (Å²) >= 11 is 0. The van der Waals surface area contributed by atoms with Gasteiger partial charge in [-0.2, -0.15) is 0 Å². The van der Waals surface area contributed by atoms with Crippen molar-refractivity contribution in [2.45, 2.75) is 45.6 Å². The van der Waals surface area contributed by atoms with E-state index in [0.29, 0.717) is 0 Å². The molecule has 0 aromatic carbocycles. The van der Waals surface area contributed by atoms with Gasteiger partial charge in [0, 0.05) is 18.5 Å². The molecule has 1 rings (SSSR count). The van der Waals surface area contributed by atoms with Crippen molar-refractivity contribution in [3.63, 3.8) is 0 Å². The Balaban J connectivity index is 2.41. The second kappa shape index (κ2) is 5.49. The highest BCUT2D eigenvalue weighted by atomic mass is 16.2. The Hall–Kier alpha value is -1.10. The zero-order chi connectivity index (χ0) is 13.1. The summed E-state index contributed by atoms with van der Waals surface area (Å²) in [6, 6.07) is 0.128. The molecule has 0 heterocycles. The van der Waals surface area contributed by atoms with E-state index in [9.17, 15) is 9.59 Å². The predicted octanol–water partition coefficient (Wildman–Crippen LogP) is 0.132. The van der Waals surface area contributed by atoms with Gasteiger partial charge in [-0.1, -0.05) is 6.42 Å². The number of amides is 2. The summed E-state index contributed by atoms with van der Waals surface area (Å²) in [4.78, 5) is 23.0. The van der Waals surface area contributed by atoms with Gasteiger partial charge in [0.05, 0.1) is 5.41 Å². The third-order valence-electron chi connectivity index (χ3n) is 3.46. The number of nitrogens with two attached hydrogens (primary N) is 2. The number of hydrogen-bond donors (Lipinski definition) is 3. The van der Waals surface area contributed by atoms with Gasteiger partial charge in [-0.05, 0) is 33.1 Å². The molecule has 17 heavy (non-hydrogen) atoms. The van der Waals surface area contributed by atoms with Crippen LogP contribution in [0.1, 0.15) is 39.5 Å². The van der Waals surface area contributed by atoms with Crippen LogP contribution in [0.2, 0.25) is 0 Å². The fraction of sp³-hybridized carbons (Fsp3) is 0.833. The van der Waals surface area contributed by atoms with E-state index in [-0.39, 0.29) is 24.4 Å². The Morgan fingerprint density at radius 3 is 2.53 bits per heavy atom. The molecule has 2 atom stereocenters. The fourth-order valence-electron chi connectivity index (χ4n) is 2.01. The van der Waals surface area contributed by atoms with Crippen molar-refractivity contribution >= 4 is 11.8 Å². The van der Waals surface area contributed by atoms with Gasteiger partial charge in [-0.3, -0.25) is 9.59 Å². The van der Waals surface area contributed by atoms with Crippen LogP contribution in [0.4, 0.5) is 0 Å². The minimum absolute atomic E-state index is 0.00512. The van der Waals surface area contributed by atoms with E-state index in [2.05, 4.69) is 5.32 Å². The van der Waals surface area contributed by atoms with Gasteiger partial charge in [0.25, 0.3) is 0 Å². The molecule has 1 aliphatic carbocycles. The highest BCUT2D eigenvalue weighted by molar-refractivity contribution is 5.82. The summed E-state index contributed by atoms with van der Waals surface area (Å²) in [5, 5.41) is 2.80. The van der Waals surface area contributed by atoms with Gasteiger partial charge < -0.3 is 16.8 Å². The molecule has 0 spiro atoms. The van der Waals surface area contributed by atoms with Crippen LogP contribution >= 0.6 is 0 Å². The molecule has 98 valence electrons. The zero-order valence-electron chi connectivity index (χ0n) is 10.7. The molecule has 5 heteroatoms. The van der Waals surface area contributed by atoms with Gasteiger partial charge in [0.15, 0.2) is 0 Å². The average molecular weight is 241 g/mol. The van der Waals surface area contributed by atoms with Crippen molar-refractivity contribution < 1.29 is 9.59 Å². The monoisotopic (exact) mass is 241 g/mol. The first kappa shape index (κ1) is 14.0. The van der Waals surface area contributed by atoms with Crippen molar-refractivity contribution in [3.05, 3.63) is 0 Å². The highest BCUT2D eigenvalue weighted by Crippen LogP contribution is 2.23. The van der Waals surface area contributed by atoms with Crippen LogP contribution in [0, 0.1) is 11.3 Å². The summed E-state index contributed by atoms with van der Waals surface area (Å²) in [7, 11) is 0. The molecule has 5 N–H and O–H groups in total. The Labute approximate surface area is 102 Å². The number of carbonyl (C=O) groups excluding carboxylic acids is 2. The summed E-state index contributed by atoms with van der Waals surface area (Å²) in [6.07, 6.45) is 3.62. The predicted molar refractivity (Wildman–Crippen MR) is 65.9 cm³/mol. The first-order valence-corrected chi connectivity index (χ1v) is 6.16. The highest BCUT2D eigenvalue weighted by Gasteiger charge is 2.29. The van der Waals surface area contributed by atoms with Gasteiger partial charge in [0.1, 0.15) is 0 Å². The Morgan fingerprint density at radius 1 is 1.35 bits per heavy atom. The lowest BCUT2D eigenvalue weighted by Gasteiger charge is -2.27. The summed E-state index contributed by atoms with van der Waals surface area (Å²) < 4.78 is 0. The van der Waals surface area contributed by atoms with Crippen LogP contribution in [0.25, 0.3) is 0 Å². The largest absolute Gasteiger partial charge is 0.369 e. The molecular formula is C12H23N3O2. The van der Waals surface area contributed by atoms with E-state index in [0.717, 1.165) is 25.7 Å². The maximum absolute atomic E-state index is 11.9. The van der Waals surface area contributed by atoms with Crippen molar-refractivity contribution in [2.24, 2.45) is 22.8 Å². The molecular weight excluding hydrogens is 218 g/mol. The lowest BCUT2D eigenvalue weighted by atomic mass is 9.85. The Morgan fingerprint density at radius 2 is 2.00 bits per heavy atom. The lowest BCUT2D eigenvalue weighted by molar-refractivity contribution is -0.129. The van der Waals surface area contributed by atoms with Gasteiger partial charge >= 0.3 is 0 Å². The van der Waals surface area contributed by atoms with E-state index in [4.69, 9.17) is 11.5 Å². The molecule has 2 amide bonds. The van der Waals surface area contributed by atoms with Crippen molar-refractivity contribution in [3.8, 4) is 0 Å². The molecule has 5 nitrogen and oxygen atoms in total. The maximum Gasteiger partial charge on any atom is 0.224 e. The quantitative estimate of drug-likeness (QED) is 0.652. The molecule has 1 fully saturated rings. The van der Waals surface area contributed by atoms with Crippen LogP contribution in [0.3, 0.4) is 0 Å². The molecule has 1 saturated carbocycles. The van der Waals surface area contributed by atoms with Gasteiger partial charge in [-0.25, -0.2) is 0 Å². The number of primary amides is 1. The normalized spacial score (nSPS) is 25.4. The lowest BCUT2D eigenvalue weighted by Crippen LogP contribution is -2.45. The van der Waals surface area contributed by atoms with Crippen LogP contribution in [0.5, 0.6) is 0 Å². The third-order valence-corrected chi connectivity index (χ3v) is 3.46. The van der Waals surface area contributed by atoms with Crippen molar-refractivity contribution in [1.29, 1.82) is 0 Å². The topological polar surface area (TPSA) is 98.2 Å². The Kier molecular flexibility index (Phi) is 4.51. The van der Waals surface area contributed by atoms with E-state index < -0.39 is 11.3 Å². The number of hydrogen-bond acceptors (Lipinski definition) is 3. The minimum atomic E-state index is -0.702. The molecule has 0 saturated heterocycles. The van der Waals surface area contributed by atoms with E-state index >= 15 is 0 Å². The maximum atomic E-state index is 11.9. The summed E-state index contributed by atoms with van der Waals surface area (Å²) in [5.41, 5.74) is 10.4. The Bertz CT molecular complexity index is 302. The standard InChI is InChI=1S/C12H23N3O2/c1-12(2,11(14)17)7-15-10(16)8-4-3-5-9(13)6-8/h8-9H,3-7,13H2,1-2H3,(H2,14,17)(H,15,16). The zero-order valence-corrected chi connectivity index (χ0v) is 10.7. The molecule has 0 aliphatic heterocycles. The molecule has 0 aromatic heterocycles. The summed E-state index contributed by atoms with van der Waals surface area (Å²) in [5.74, 6) is -0.421. The van der Waals surface area contributed by atoms with Crippen molar-refractivity contribution in [1.82, 2.24) is 5.32 Å². The van der Waals surface area contributed by atoms with Gasteiger partial charge in [0.2, 0.25) is 11.8 Å². The van der Waals surface area contributed by atoms with Crippen LogP contribution in [0.15, 0.2) is 0 Å². The molecule has 0 aromatic rings.